The molecule has 1 fully saturated rings. The average Bonchev–Trinajstić information content (AvgIpc) is 2.77. The zero-order chi connectivity index (χ0) is 13.2. The molecule has 1 aromatic heterocycles. The second-order valence-electron chi connectivity index (χ2n) is 5.15. The third-order valence-corrected chi connectivity index (χ3v) is 4.94. The Morgan fingerprint density at radius 2 is 2.39 bits per heavy atom. The maximum absolute atomic E-state index is 11.1. The average molecular weight is 270 g/mol. The summed E-state index contributed by atoms with van der Waals surface area (Å²) in [6.07, 6.45) is 2.54. The van der Waals surface area contributed by atoms with Crippen molar-refractivity contribution >= 4 is 11.3 Å². The van der Waals surface area contributed by atoms with Gasteiger partial charge in [0.2, 0.25) is 0 Å². The first-order chi connectivity index (χ1) is 8.60. The lowest BCUT2D eigenvalue weighted by atomic mass is 9.61. The molecule has 3 unspecified atom stereocenters. The number of rotatable bonds is 6. The van der Waals surface area contributed by atoms with Crippen LogP contribution < -0.4 is 10.2 Å². The van der Waals surface area contributed by atoms with Gasteiger partial charge in [0, 0.05) is 35.7 Å². The lowest BCUT2D eigenvalue weighted by Crippen LogP contribution is -2.62. The molecule has 2 rings (SSSR count). The van der Waals surface area contributed by atoms with E-state index in [0.29, 0.717) is 12.1 Å². The van der Waals surface area contributed by atoms with Crippen molar-refractivity contribution in [1.29, 1.82) is 0 Å². The van der Waals surface area contributed by atoms with Gasteiger partial charge in [-0.1, -0.05) is 25.2 Å². The van der Waals surface area contributed by atoms with Crippen LogP contribution in [-0.4, -0.2) is 23.7 Å². The summed E-state index contributed by atoms with van der Waals surface area (Å²) in [7, 11) is 0. The first kappa shape index (κ1) is 13.8. The van der Waals surface area contributed by atoms with Gasteiger partial charge in [0.25, 0.3) is 0 Å². The molecule has 0 bridgehead atoms. The van der Waals surface area contributed by atoms with Crippen molar-refractivity contribution in [2.45, 2.75) is 52.3 Å². The molecular weight excluding hydrogens is 248 g/mol. The van der Waals surface area contributed by atoms with Gasteiger partial charge in [-0.05, 0) is 19.8 Å². The highest BCUT2D eigenvalue weighted by atomic mass is 32.1. The van der Waals surface area contributed by atoms with Gasteiger partial charge in [-0.3, -0.25) is 4.79 Å². The molecule has 1 aliphatic rings. The highest BCUT2D eigenvalue weighted by Gasteiger charge is 2.50. The molecular formula is C13H22N2O2S. The minimum absolute atomic E-state index is 0.0193. The Morgan fingerprint density at radius 1 is 1.61 bits per heavy atom. The van der Waals surface area contributed by atoms with Crippen molar-refractivity contribution in [2.75, 3.05) is 6.61 Å². The maximum atomic E-state index is 11.1. The molecule has 0 saturated heterocycles. The minimum Gasteiger partial charge on any atom is -0.378 e. The van der Waals surface area contributed by atoms with Crippen LogP contribution in [0.4, 0.5) is 0 Å². The van der Waals surface area contributed by atoms with E-state index in [1.807, 2.05) is 12.3 Å². The van der Waals surface area contributed by atoms with Crippen molar-refractivity contribution < 1.29 is 4.74 Å². The van der Waals surface area contributed by atoms with E-state index in [-0.39, 0.29) is 10.3 Å². The van der Waals surface area contributed by atoms with E-state index in [9.17, 15) is 4.79 Å². The Bertz CT molecular complexity index is 442. The fourth-order valence-electron chi connectivity index (χ4n) is 2.70. The van der Waals surface area contributed by atoms with Crippen LogP contribution in [0.2, 0.25) is 0 Å². The van der Waals surface area contributed by atoms with Crippen LogP contribution in [0.5, 0.6) is 0 Å². The van der Waals surface area contributed by atoms with E-state index in [1.54, 1.807) is 0 Å². The molecule has 0 radical (unpaired) electrons. The quantitative estimate of drug-likeness (QED) is 0.832. The van der Waals surface area contributed by atoms with Crippen molar-refractivity contribution in [1.82, 2.24) is 10.3 Å². The molecule has 1 saturated carbocycles. The van der Waals surface area contributed by atoms with E-state index in [0.717, 1.165) is 31.7 Å². The predicted octanol–water partition coefficient (Wildman–Crippen LogP) is 2.12. The van der Waals surface area contributed by atoms with Gasteiger partial charge in [-0.25, -0.2) is 0 Å². The monoisotopic (exact) mass is 270 g/mol. The molecule has 0 amide bonds. The third kappa shape index (κ3) is 2.53. The number of thiazole rings is 1. The number of nitrogens with one attached hydrogen (secondary N) is 2. The minimum atomic E-state index is 0.0193. The van der Waals surface area contributed by atoms with Crippen LogP contribution >= 0.6 is 11.3 Å². The summed E-state index contributed by atoms with van der Waals surface area (Å²) in [5.74, 6) is 0. The molecule has 18 heavy (non-hydrogen) atoms. The summed E-state index contributed by atoms with van der Waals surface area (Å²) in [4.78, 5) is 13.9. The highest BCUT2D eigenvalue weighted by molar-refractivity contribution is 7.07. The summed E-state index contributed by atoms with van der Waals surface area (Å²) < 4.78 is 5.77. The molecule has 0 aromatic carbocycles. The molecule has 1 aliphatic carbocycles. The molecule has 102 valence electrons. The van der Waals surface area contributed by atoms with Crippen LogP contribution in [0.15, 0.2) is 10.2 Å². The summed E-state index contributed by atoms with van der Waals surface area (Å²) in [5, 5.41) is 5.42. The Kier molecular flexibility index (Phi) is 4.25. The van der Waals surface area contributed by atoms with Gasteiger partial charge in [0.05, 0.1) is 6.10 Å². The summed E-state index contributed by atoms with van der Waals surface area (Å²) in [6, 6.07) is 0.474. The van der Waals surface area contributed by atoms with Crippen LogP contribution in [0.1, 0.15) is 39.3 Å². The number of aromatic amines is 1. The normalized spacial score (nSPS) is 31.3. The Labute approximate surface area is 112 Å². The van der Waals surface area contributed by atoms with Gasteiger partial charge in [0.15, 0.2) is 0 Å². The third-order valence-electron chi connectivity index (χ3n) is 4.22. The van der Waals surface area contributed by atoms with Gasteiger partial charge >= 0.3 is 4.87 Å². The van der Waals surface area contributed by atoms with Gasteiger partial charge in [-0.15, -0.1) is 0 Å². The van der Waals surface area contributed by atoms with Crippen LogP contribution in [0, 0.1) is 5.41 Å². The maximum Gasteiger partial charge on any atom is 0.304 e. The van der Waals surface area contributed by atoms with E-state index < -0.39 is 0 Å². The summed E-state index contributed by atoms with van der Waals surface area (Å²) >= 11 is 1.22. The Balaban J connectivity index is 1.89. The summed E-state index contributed by atoms with van der Waals surface area (Å²) in [5.41, 5.74) is 1.19. The fraction of sp³-hybridized carbons (Fsp3) is 0.769. The molecule has 1 heterocycles. The van der Waals surface area contributed by atoms with Gasteiger partial charge < -0.3 is 15.0 Å². The molecule has 3 atom stereocenters. The second kappa shape index (κ2) is 5.55. The lowest BCUT2D eigenvalue weighted by Gasteiger charge is -2.53. The highest BCUT2D eigenvalue weighted by Crippen LogP contribution is 2.45. The Hall–Kier alpha value is -0.650. The van der Waals surface area contributed by atoms with E-state index >= 15 is 0 Å². The lowest BCUT2D eigenvalue weighted by molar-refractivity contribution is -0.126. The number of ether oxygens (including phenoxy) is 1. The standard InChI is InChI=1S/C13H22N2O2S/c1-4-13(3)10(6-11(13)17-5-2)14-7-9-8-18-12(16)15-9/h8,10-11,14H,4-7H2,1-3H3,(H,15,16). The fourth-order valence-corrected chi connectivity index (χ4v) is 3.28. The zero-order valence-electron chi connectivity index (χ0n) is 11.3. The molecule has 4 nitrogen and oxygen atoms in total. The SMILES string of the molecule is CCOC1CC(NCc2csc(=O)[nH]2)C1(C)CC. The number of H-pyrrole nitrogens is 1. The first-order valence-corrected chi connectivity index (χ1v) is 7.49. The largest absolute Gasteiger partial charge is 0.378 e. The molecule has 1 aromatic rings. The zero-order valence-corrected chi connectivity index (χ0v) is 12.1. The van der Waals surface area contributed by atoms with E-state index in [1.165, 1.54) is 11.3 Å². The van der Waals surface area contributed by atoms with Crippen LogP contribution in [0.3, 0.4) is 0 Å². The summed E-state index contributed by atoms with van der Waals surface area (Å²) in [6.45, 7) is 8.06. The molecule has 0 spiro atoms. The molecule has 2 N–H and O–H groups in total. The van der Waals surface area contributed by atoms with Crippen molar-refractivity contribution in [3.05, 3.63) is 20.7 Å². The van der Waals surface area contributed by atoms with Crippen molar-refractivity contribution in [3.63, 3.8) is 0 Å². The van der Waals surface area contributed by atoms with Crippen molar-refractivity contribution in [3.8, 4) is 0 Å². The topological polar surface area (TPSA) is 54.1 Å². The van der Waals surface area contributed by atoms with Crippen molar-refractivity contribution in [2.24, 2.45) is 5.41 Å². The van der Waals surface area contributed by atoms with Crippen LogP contribution in [0.25, 0.3) is 0 Å². The van der Waals surface area contributed by atoms with Crippen LogP contribution in [-0.2, 0) is 11.3 Å². The van der Waals surface area contributed by atoms with Gasteiger partial charge in [-0.2, -0.15) is 0 Å². The second-order valence-corrected chi connectivity index (χ2v) is 5.99. The number of aromatic nitrogens is 1. The number of hydrogen-bond donors (Lipinski definition) is 2. The number of hydrogen-bond acceptors (Lipinski definition) is 4. The molecule has 5 heteroatoms. The first-order valence-electron chi connectivity index (χ1n) is 6.61. The smallest absolute Gasteiger partial charge is 0.304 e. The van der Waals surface area contributed by atoms with E-state index in [4.69, 9.17) is 4.74 Å². The van der Waals surface area contributed by atoms with Gasteiger partial charge in [0.1, 0.15) is 0 Å². The Morgan fingerprint density at radius 3 is 2.94 bits per heavy atom. The molecule has 0 aliphatic heterocycles. The predicted molar refractivity (Wildman–Crippen MR) is 74.0 cm³/mol. The van der Waals surface area contributed by atoms with E-state index in [2.05, 4.69) is 24.1 Å².